The molecule has 0 aromatic rings. The first-order valence-corrected chi connectivity index (χ1v) is 7.60. The van der Waals surface area contributed by atoms with Gasteiger partial charge in [0, 0.05) is 49.5 Å². The topological polar surface area (TPSA) is 70.2 Å². The van der Waals surface area contributed by atoms with Gasteiger partial charge in [0.2, 0.25) is 11.8 Å². The monoisotopic (exact) mass is 273 g/mol. The third-order valence-corrected chi connectivity index (χ3v) is 3.83. The average Bonchev–Trinajstić information content (AvgIpc) is 2.35. The molecule has 0 spiro atoms. The number of hydrogen-bond donors (Lipinski definition) is 3. The van der Waals surface area contributed by atoms with E-state index < -0.39 is 0 Å². The molecule has 6 heteroatoms. The molecule has 0 aliphatic carbocycles. The quantitative estimate of drug-likeness (QED) is 0.594. The molecule has 18 heavy (non-hydrogen) atoms. The van der Waals surface area contributed by atoms with E-state index in [2.05, 4.69) is 16.0 Å². The zero-order chi connectivity index (χ0) is 13.4. The molecule has 0 radical (unpaired) electrons. The first kappa shape index (κ1) is 15.3. The zero-order valence-electron chi connectivity index (χ0n) is 11.1. The van der Waals surface area contributed by atoms with Crippen LogP contribution in [-0.2, 0) is 9.59 Å². The number of thioether (sulfide) groups is 1. The molecule has 2 amide bonds. The van der Waals surface area contributed by atoms with E-state index in [0.717, 1.165) is 18.1 Å². The van der Waals surface area contributed by atoms with Crippen molar-refractivity contribution in [2.24, 2.45) is 5.92 Å². The van der Waals surface area contributed by atoms with Gasteiger partial charge >= 0.3 is 0 Å². The number of nitrogens with one attached hydrogen (secondary N) is 3. The Morgan fingerprint density at radius 2 is 2.06 bits per heavy atom. The van der Waals surface area contributed by atoms with Gasteiger partial charge in [-0.15, -0.1) is 0 Å². The maximum absolute atomic E-state index is 11.6. The minimum atomic E-state index is -0.0100. The van der Waals surface area contributed by atoms with Crippen LogP contribution in [0.1, 0.15) is 20.3 Å². The molecule has 0 bridgehead atoms. The molecular formula is C12H23N3O2S. The second kappa shape index (κ2) is 8.37. The summed E-state index contributed by atoms with van der Waals surface area (Å²) in [6, 6.07) is 0.286. The molecule has 1 aliphatic heterocycles. The molecule has 1 fully saturated rings. The van der Waals surface area contributed by atoms with E-state index in [0.29, 0.717) is 19.5 Å². The third-order valence-electron chi connectivity index (χ3n) is 2.70. The third kappa shape index (κ3) is 6.26. The van der Waals surface area contributed by atoms with Crippen LogP contribution in [0.25, 0.3) is 0 Å². The van der Waals surface area contributed by atoms with Crippen molar-refractivity contribution in [2.45, 2.75) is 26.3 Å². The highest BCUT2D eigenvalue weighted by Gasteiger charge is 2.16. The number of carbonyl (C=O) groups is 2. The van der Waals surface area contributed by atoms with Gasteiger partial charge in [-0.25, -0.2) is 0 Å². The molecule has 1 rings (SSSR count). The summed E-state index contributed by atoms with van der Waals surface area (Å²) in [5.74, 6) is 2.18. The van der Waals surface area contributed by atoms with Gasteiger partial charge in [0.1, 0.15) is 0 Å². The van der Waals surface area contributed by atoms with E-state index in [9.17, 15) is 9.59 Å². The Hall–Kier alpha value is -0.750. The van der Waals surface area contributed by atoms with Gasteiger partial charge in [0.05, 0.1) is 0 Å². The van der Waals surface area contributed by atoms with Crippen LogP contribution in [-0.4, -0.2) is 49.0 Å². The van der Waals surface area contributed by atoms with Gasteiger partial charge in [0.15, 0.2) is 0 Å². The highest BCUT2D eigenvalue weighted by atomic mass is 32.2. The molecule has 1 aliphatic rings. The Morgan fingerprint density at radius 3 is 2.67 bits per heavy atom. The average molecular weight is 273 g/mol. The molecular weight excluding hydrogens is 250 g/mol. The van der Waals surface area contributed by atoms with Gasteiger partial charge in [-0.2, -0.15) is 11.8 Å². The molecule has 5 nitrogen and oxygen atoms in total. The van der Waals surface area contributed by atoms with Crippen LogP contribution in [0.15, 0.2) is 0 Å². The Labute approximate surface area is 113 Å². The summed E-state index contributed by atoms with van der Waals surface area (Å²) in [5.41, 5.74) is 0. The van der Waals surface area contributed by atoms with Crippen molar-refractivity contribution in [3.8, 4) is 0 Å². The number of amides is 2. The summed E-state index contributed by atoms with van der Waals surface area (Å²) >= 11 is 1.88. The Morgan fingerprint density at radius 1 is 1.33 bits per heavy atom. The molecule has 1 atom stereocenters. The van der Waals surface area contributed by atoms with Crippen molar-refractivity contribution >= 4 is 23.6 Å². The Balaban J connectivity index is 2.04. The van der Waals surface area contributed by atoms with E-state index in [1.54, 1.807) is 0 Å². The van der Waals surface area contributed by atoms with Crippen molar-refractivity contribution in [1.29, 1.82) is 0 Å². The minimum Gasteiger partial charge on any atom is -0.354 e. The standard InChI is InChI=1S/C12H23N3O2S/c1-9(2)12(17)15-4-3-14-11(16)7-10-8-18-6-5-13-10/h9-10,13H,3-8H2,1-2H3,(H,14,16)(H,15,17). The van der Waals surface area contributed by atoms with Crippen molar-refractivity contribution in [2.75, 3.05) is 31.1 Å². The van der Waals surface area contributed by atoms with Crippen LogP contribution < -0.4 is 16.0 Å². The van der Waals surface area contributed by atoms with Gasteiger partial charge in [-0.1, -0.05) is 13.8 Å². The molecule has 0 aromatic heterocycles. The van der Waals surface area contributed by atoms with Crippen LogP contribution in [0.5, 0.6) is 0 Å². The van der Waals surface area contributed by atoms with Crippen LogP contribution in [0, 0.1) is 5.92 Å². The predicted octanol–water partition coefficient (Wildman–Crippen LogP) is -0.0301. The summed E-state index contributed by atoms with van der Waals surface area (Å²) in [4.78, 5) is 22.9. The number of rotatable bonds is 6. The van der Waals surface area contributed by atoms with Gasteiger partial charge < -0.3 is 16.0 Å². The highest BCUT2D eigenvalue weighted by molar-refractivity contribution is 7.99. The van der Waals surface area contributed by atoms with E-state index in [1.165, 1.54) is 0 Å². The lowest BCUT2D eigenvalue weighted by molar-refractivity contribution is -0.124. The van der Waals surface area contributed by atoms with Crippen LogP contribution in [0.4, 0.5) is 0 Å². The van der Waals surface area contributed by atoms with Gasteiger partial charge in [-0.05, 0) is 0 Å². The number of hydrogen-bond acceptors (Lipinski definition) is 4. The maximum Gasteiger partial charge on any atom is 0.222 e. The number of carbonyl (C=O) groups excluding carboxylic acids is 2. The second-order valence-electron chi connectivity index (χ2n) is 4.73. The smallest absolute Gasteiger partial charge is 0.222 e. The van der Waals surface area contributed by atoms with Gasteiger partial charge in [0.25, 0.3) is 0 Å². The van der Waals surface area contributed by atoms with E-state index in [4.69, 9.17) is 0 Å². The fourth-order valence-corrected chi connectivity index (χ4v) is 2.59. The summed E-state index contributed by atoms with van der Waals surface area (Å²) < 4.78 is 0. The molecule has 104 valence electrons. The van der Waals surface area contributed by atoms with Crippen molar-refractivity contribution in [3.63, 3.8) is 0 Å². The lowest BCUT2D eigenvalue weighted by atomic mass is 10.2. The zero-order valence-corrected chi connectivity index (χ0v) is 11.9. The summed E-state index contributed by atoms with van der Waals surface area (Å²) in [5, 5.41) is 8.91. The summed E-state index contributed by atoms with van der Waals surface area (Å²) in [6.45, 7) is 5.67. The largest absolute Gasteiger partial charge is 0.354 e. The normalized spacial score (nSPS) is 19.6. The van der Waals surface area contributed by atoms with Crippen LogP contribution in [0.2, 0.25) is 0 Å². The van der Waals surface area contributed by atoms with Crippen LogP contribution in [0.3, 0.4) is 0 Å². The van der Waals surface area contributed by atoms with Crippen LogP contribution >= 0.6 is 11.8 Å². The first-order chi connectivity index (χ1) is 8.59. The van der Waals surface area contributed by atoms with Crippen molar-refractivity contribution in [1.82, 2.24) is 16.0 Å². The SMILES string of the molecule is CC(C)C(=O)NCCNC(=O)CC1CSCCN1. The van der Waals surface area contributed by atoms with Gasteiger partial charge in [-0.3, -0.25) is 9.59 Å². The second-order valence-corrected chi connectivity index (χ2v) is 5.88. The predicted molar refractivity (Wildman–Crippen MR) is 74.6 cm³/mol. The van der Waals surface area contributed by atoms with E-state index >= 15 is 0 Å². The lowest BCUT2D eigenvalue weighted by Gasteiger charge is -2.22. The van der Waals surface area contributed by atoms with E-state index in [1.807, 2.05) is 25.6 Å². The summed E-state index contributed by atoms with van der Waals surface area (Å²) in [7, 11) is 0. The Bertz CT molecular complexity index is 278. The fraction of sp³-hybridized carbons (Fsp3) is 0.833. The molecule has 0 saturated carbocycles. The summed E-state index contributed by atoms with van der Waals surface area (Å²) in [6.07, 6.45) is 0.519. The minimum absolute atomic E-state index is 0.0100. The molecule has 1 unspecified atom stereocenters. The highest BCUT2D eigenvalue weighted by Crippen LogP contribution is 2.09. The molecule has 0 aromatic carbocycles. The van der Waals surface area contributed by atoms with Crippen molar-refractivity contribution in [3.05, 3.63) is 0 Å². The molecule has 3 N–H and O–H groups in total. The van der Waals surface area contributed by atoms with E-state index in [-0.39, 0.29) is 23.8 Å². The van der Waals surface area contributed by atoms with Crippen molar-refractivity contribution < 1.29 is 9.59 Å². The maximum atomic E-state index is 11.6. The molecule has 1 heterocycles. The fourth-order valence-electron chi connectivity index (χ4n) is 1.64. The Kier molecular flexibility index (Phi) is 7.12. The first-order valence-electron chi connectivity index (χ1n) is 6.45. The lowest BCUT2D eigenvalue weighted by Crippen LogP contribution is -2.42. The molecule has 1 saturated heterocycles.